The third kappa shape index (κ3) is 2.81. The van der Waals surface area contributed by atoms with Crippen LogP contribution in [0.15, 0.2) is 12.2 Å². The van der Waals surface area contributed by atoms with Crippen molar-refractivity contribution in [3.8, 4) is 0 Å². The van der Waals surface area contributed by atoms with E-state index < -0.39 is 30.8 Å². The normalized spacial score (nSPS) is 35.7. The monoisotopic (exact) mass is 338 g/mol. The average Bonchev–Trinajstić information content (AvgIpc) is 3.14. The van der Waals surface area contributed by atoms with Gasteiger partial charge in [0.25, 0.3) is 0 Å². The van der Waals surface area contributed by atoms with Crippen molar-refractivity contribution in [2.45, 2.75) is 57.5 Å². The van der Waals surface area contributed by atoms with Gasteiger partial charge in [0, 0.05) is 11.5 Å². The van der Waals surface area contributed by atoms with Gasteiger partial charge in [-0.25, -0.2) is 9.59 Å². The van der Waals surface area contributed by atoms with E-state index in [4.69, 9.17) is 18.9 Å². The molecule has 0 radical (unpaired) electrons. The molecule has 0 aromatic carbocycles. The maximum absolute atomic E-state index is 12.1. The Bertz CT molecular complexity index is 569. The second kappa shape index (κ2) is 6.55. The van der Waals surface area contributed by atoms with E-state index in [1.165, 1.54) is 6.92 Å². The first-order valence-corrected chi connectivity index (χ1v) is 8.32. The maximum Gasteiger partial charge on any atom is 0.344 e. The fraction of sp³-hybridized carbons (Fsp3) is 0.706. The lowest BCUT2D eigenvalue weighted by molar-refractivity contribution is -0.168. The molecule has 0 N–H and O–H groups in total. The smallest absolute Gasteiger partial charge is 0.344 e. The Balaban J connectivity index is 1.62. The van der Waals surface area contributed by atoms with Crippen molar-refractivity contribution >= 4 is 17.9 Å². The molecule has 0 aliphatic carbocycles. The van der Waals surface area contributed by atoms with E-state index in [-0.39, 0.29) is 35.6 Å². The standard InChI is InChI=1S/C17H22O7/c1-4-5-6-9-11-13-15(24-17(11)20)14(12(9)23-13)22-10(18)7-21-16(19)8(2)3/h9,11-15H,2,4-7H2,1,3H3. The first-order valence-electron chi connectivity index (χ1n) is 8.32. The summed E-state index contributed by atoms with van der Waals surface area (Å²) in [5.41, 5.74) is 0.207. The second-order valence-electron chi connectivity index (χ2n) is 6.61. The first-order chi connectivity index (χ1) is 11.4. The number of hydrogen-bond donors (Lipinski definition) is 0. The molecule has 24 heavy (non-hydrogen) atoms. The van der Waals surface area contributed by atoms with Crippen LogP contribution < -0.4 is 0 Å². The molecule has 7 heteroatoms. The number of hydrogen-bond acceptors (Lipinski definition) is 7. The molecular formula is C17H22O7. The number of carbonyl (C=O) groups is 3. The van der Waals surface area contributed by atoms with Crippen molar-refractivity contribution in [1.29, 1.82) is 0 Å². The van der Waals surface area contributed by atoms with Gasteiger partial charge in [-0.3, -0.25) is 4.79 Å². The Labute approximate surface area is 140 Å². The Hall–Kier alpha value is -1.89. The zero-order valence-corrected chi connectivity index (χ0v) is 13.9. The Morgan fingerprint density at radius 2 is 2.00 bits per heavy atom. The van der Waals surface area contributed by atoms with Crippen molar-refractivity contribution in [1.82, 2.24) is 0 Å². The molecular weight excluding hydrogens is 316 g/mol. The summed E-state index contributed by atoms with van der Waals surface area (Å²) in [5.74, 6) is -1.83. The number of fused-ring (bicyclic) bond motifs is 1. The van der Waals surface area contributed by atoms with Crippen LogP contribution >= 0.6 is 0 Å². The van der Waals surface area contributed by atoms with Gasteiger partial charge >= 0.3 is 17.9 Å². The number of carbonyl (C=O) groups excluding carboxylic acids is 3. The third-order valence-electron chi connectivity index (χ3n) is 4.88. The lowest BCUT2D eigenvalue weighted by Gasteiger charge is -2.28. The van der Waals surface area contributed by atoms with Gasteiger partial charge in [0.05, 0.1) is 5.92 Å². The molecule has 3 saturated heterocycles. The predicted molar refractivity (Wildman–Crippen MR) is 80.7 cm³/mol. The fourth-order valence-corrected chi connectivity index (χ4v) is 3.80. The van der Waals surface area contributed by atoms with Crippen LogP contribution in [0.5, 0.6) is 0 Å². The fourth-order valence-electron chi connectivity index (χ4n) is 3.80. The van der Waals surface area contributed by atoms with Crippen LogP contribution in [-0.4, -0.2) is 48.9 Å². The van der Waals surface area contributed by atoms with E-state index >= 15 is 0 Å². The summed E-state index contributed by atoms with van der Waals surface area (Å²) in [6.45, 7) is 6.52. The van der Waals surface area contributed by atoms with Gasteiger partial charge in [-0.1, -0.05) is 26.3 Å². The first kappa shape index (κ1) is 17.0. The molecule has 0 aromatic rings. The van der Waals surface area contributed by atoms with E-state index in [9.17, 15) is 14.4 Å². The summed E-state index contributed by atoms with van der Waals surface area (Å²) in [5, 5.41) is 0. The molecule has 6 atom stereocenters. The molecule has 132 valence electrons. The van der Waals surface area contributed by atoms with Gasteiger partial charge in [-0.15, -0.1) is 0 Å². The largest absolute Gasteiger partial charge is 0.455 e. The maximum atomic E-state index is 12.1. The van der Waals surface area contributed by atoms with Crippen LogP contribution in [-0.2, 0) is 33.3 Å². The molecule has 3 fully saturated rings. The lowest BCUT2D eigenvalue weighted by atomic mass is 9.76. The second-order valence-corrected chi connectivity index (χ2v) is 6.61. The Morgan fingerprint density at radius 1 is 1.25 bits per heavy atom. The van der Waals surface area contributed by atoms with Crippen LogP contribution in [0.2, 0.25) is 0 Å². The summed E-state index contributed by atoms with van der Waals surface area (Å²) < 4.78 is 21.4. The van der Waals surface area contributed by atoms with Crippen molar-refractivity contribution < 1.29 is 33.3 Å². The van der Waals surface area contributed by atoms with Crippen molar-refractivity contribution in [2.75, 3.05) is 6.61 Å². The van der Waals surface area contributed by atoms with Crippen molar-refractivity contribution in [3.05, 3.63) is 12.2 Å². The number of ether oxygens (including phenoxy) is 4. The van der Waals surface area contributed by atoms with E-state index in [0.29, 0.717) is 0 Å². The van der Waals surface area contributed by atoms with Crippen LogP contribution in [0.4, 0.5) is 0 Å². The van der Waals surface area contributed by atoms with Crippen LogP contribution in [0.25, 0.3) is 0 Å². The molecule has 3 heterocycles. The summed E-state index contributed by atoms with van der Waals surface area (Å²) in [4.78, 5) is 35.3. The molecule has 0 amide bonds. The summed E-state index contributed by atoms with van der Waals surface area (Å²) in [7, 11) is 0. The summed E-state index contributed by atoms with van der Waals surface area (Å²) in [6.07, 6.45) is 0.983. The minimum absolute atomic E-state index is 0.0111. The Kier molecular flexibility index (Phi) is 4.62. The third-order valence-corrected chi connectivity index (χ3v) is 4.88. The van der Waals surface area contributed by atoms with Gasteiger partial charge < -0.3 is 18.9 Å². The minimum atomic E-state index is -0.681. The van der Waals surface area contributed by atoms with E-state index in [1.807, 2.05) is 0 Å². The van der Waals surface area contributed by atoms with E-state index in [2.05, 4.69) is 13.5 Å². The van der Waals surface area contributed by atoms with Crippen LogP contribution in [0.1, 0.15) is 33.1 Å². The number of unbranched alkanes of at least 4 members (excludes halogenated alkanes) is 1. The Morgan fingerprint density at radius 3 is 2.67 bits per heavy atom. The van der Waals surface area contributed by atoms with E-state index in [1.54, 1.807) is 0 Å². The molecule has 0 saturated carbocycles. The van der Waals surface area contributed by atoms with Gasteiger partial charge in [-0.2, -0.15) is 0 Å². The van der Waals surface area contributed by atoms with Gasteiger partial charge in [0.1, 0.15) is 12.2 Å². The molecule has 3 aliphatic rings. The van der Waals surface area contributed by atoms with Crippen molar-refractivity contribution in [3.63, 3.8) is 0 Å². The molecule has 6 unspecified atom stereocenters. The van der Waals surface area contributed by atoms with Gasteiger partial charge in [-0.05, 0) is 13.3 Å². The highest BCUT2D eigenvalue weighted by atomic mass is 16.7. The molecule has 7 nitrogen and oxygen atoms in total. The average molecular weight is 338 g/mol. The topological polar surface area (TPSA) is 88.1 Å². The van der Waals surface area contributed by atoms with Crippen LogP contribution in [0, 0.1) is 11.8 Å². The number of esters is 3. The van der Waals surface area contributed by atoms with Gasteiger partial charge in [0.2, 0.25) is 0 Å². The van der Waals surface area contributed by atoms with Crippen molar-refractivity contribution in [2.24, 2.45) is 11.8 Å². The molecule has 3 rings (SSSR count). The molecule has 0 spiro atoms. The highest BCUT2D eigenvalue weighted by Gasteiger charge is 2.69. The SMILES string of the molecule is C=C(C)C(=O)OCC(=O)OC1C2OC3C1OC(=O)C3C2CCCC. The molecule has 2 bridgehead atoms. The highest BCUT2D eigenvalue weighted by molar-refractivity contribution is 5.88. The summed E-state index contributed by atoms with van der Waals surface area (Å²) in [6, 6.07) is 0. The quantitative estimate of drug-likeness (QED) is 0.391. The highest BCUT2D eigenvalue weighted by Crippen LogP contribution is 2.52. The number of rotatable bonds is 7. The van der Waals surface area contributed by atoms with Crippen LogP contribution in [0.3, 0.4) is 0 Å². The zero-order chi connectivity index (χ0) is 17.4. The summed E-state index contributed by atoms with van der Waals surface area (Å²) >= 11 is 0. The molecule has 3 aliphatic heterocycles. The minimum Gasteiger partial charge on any atom is -0.455 e. The zero-order valence-electron chi connectivity index (χ0n) is 13.9. The lowest BCUT2D eigenvalue weighted by Crippen LogP contribution is -2.45. The molecule has 0 aromatic heterocycles. The van der Waals surface area contributed by atoms with Gasteiger partial charge in [0.15, 0.2) is 18.8 Å². The van der Waals surface area contributed by atoms with E-state index in [0.717, 1.165) is 19.3 Å². The predicted octanol–water partition coefficient (Wildman–Crippen LogP) is 1.15.